The largest absolute Gasteiger partial charge is 0.386 e. The van der Waals surface area contributed by atoms with E-state index in [0.717, 1.165) is 11.1 Å². The van der Waals surface area contributed by atoms with Gasteiger partial charge in [0, 0.05) is 0 Å². The molecule has 0 radical (unpaired) electrons. The Hall–Kier alpha value is -2.68. The summed E-state index contributed by atoms with van der Waals surface area (Å²) < 4.78 is 4.64. The second-order valence-electron chi connectivity index (χ2n) is 4.34. The van der Waals surface area contributed by atoms with E-state index in [4.69, 9.17) is 0 Å². The highest BCUT2D eigenvalue weighted by Crippen LogP contribution is 2.22. The Kier molecular flexibility index (Phi) is 4.11. The van der Waals surface area contributed by atoms with Crippen LogP contribution in [0.4, 0.5) is 0 Å². The zero-order chi connectivity index (χ0) is 14.5. The molecule has 3 heteroatoms. The summed E-state index contributed by atoms with van der Waals surface area (Å²) in [5, 5.41) is 0. The van der Waals surface area contributed by atoms with Gasteiger partial charge < -0.3 is 4.74 Å². The Bertz CT molecular complexity index is 646. The van der Waals surface area contributed by atoms with E-state index in [1.54, 1.807) is 31.2 Å². The van der Waals surface area contributed by atoms with Crippen LogP contribution in [-0.2, 0) is 14.3 Å². The maximum atomic E-state index is 11.7. The van der Waals surface area contributed by atoms with Crippen molar-refractivity contribution >= 4 is 18.0 Å². The quantitative estimate of drug-likeness (QED) is 0.477. The highest BCUT2D eigenvalue weighted by atomic mass is 16.6. The third-order valence-electron chi connectivity index (χ3n) is 2.85. The van der Waals surface area contributed by atoms with Crippen molar-refractivity contribution < 1.29 is 14.3 Å². The summed E-state index contributed by atoms with van der Waals surface area (Å²) in [7, 11) is 0. The van der Waals surface area contributed by atoms with E-state index < -0.39 is 11.9 Å². The van der Waals surface area contributed by atoms with Gasteiger partial charge in [-0.05, 0) is 24.6 Å². The van der Waals surface area contributed by atoms with Crippen LogP contribution in [0.15, 0.2) is 71.9 Å². The number of carbonyl (C=O) groups is 2. The number of cyclic esters (lactones) is 2. The molecule has 1 aliphatic heterocycles. The van der Waals surface area contributed by atoms with Crippen molar-refractivity contribution in [1.82, 2.24) is 0 Å². The highest BCUT2D eigenvalue weighted by molar-refractivity contribution is 6.15. The standard InChI is InChI=1S/C17H14O3/c1-3-12(2)11-15-14(16(18)20-17(15)19)10-9-13-7-5-4-6-8-13/h3-11H,1H2,2H3. The molecule has 0 aliphatic carbocycles. The van der Waals surface area contributed by atoms with E-state index >= 15 is 0 Å². The molecule has 1 heterocycles. The monoisotopic (exact) mass is 266 g/mol. The van der Waals surface area contributed by atoms with Crippen LogP contribution in [0, 0.1) is 0 Å². The van der Waals surface area contributed by atoms with E-state index in [-0.39, 0.29) is 11.1 Å². The fourth-order valence-corrected chi connectivity index (χ4v) is 1.74. The second-order valence-corrected chi connectivity index (χ2v) is 4.34. The molecule has 0 bridgehead atoms. The summed E-state index contributed by atoms with van der Waals surface area (Å²) >= 11 is 0. The summed E-state index contributed by atoms with van der Waals surface area (Å²) in [6, 6.07) is 9.52. The van der Waals surface area contributed by atoms with Crippen LogP contribution in [0.3, 0.4) is 0 Å². The normalized spacial score (nSPS) is 15.9. The molecule has 2 rings (SSSR count). The molecular formula is C17H14O3. The van der Waals surface area contributed by atoms with E-state index in [0.29, 0.717) is 0 Å². The van der Waals surface area contributed by atoms with E-state index in [1.165, 1.54) is 0 Å². The molecule has 20 heavy (non-hydrogen) atoms. The second kappa shape index (κ2) is 5.97. The molecule has 3 nitrogen and oxygen atoms in total. The smallest absolute Gasteiger partial charge is 0.346 e. The molecule has 0 unspecified atom stereocenters. The average molecular weight is 266 g/mol. The number of carbonyl (C=O) groups excluding carboxylic acids is 2. The third kappa shape index (κ3) is 3.01. The van der Waals surface area contributed by atoms with Crippen molar-refractivity contribution in [3.8, 4) is 0 Å². The number of esters is 2. The molecule has 0 amide bonds. The minimum atomic E-state index is -0.621. The fourth-order valence-electron chi connectivity index (χ4n) is 1.74. The van der Waals surface area contributed by atoms with Crippen molar-refractivity contribution in [2.45, 2.75) is 6.92 Å². The van der Waals surface area contributed by atoms with Crippen LogP contribution >= 0.6 is 0 Å². The first-order valence-corrected chi connectivity index (χ1v) is 6.16. The predicted octanol–water partition coefficient (Wildman–Crippen LogP) is 3.21. The molecule has 0 fully saturated rings. The molecule has 0 saturated heterocycles. The van der Waals surface area contributed by atoms with Crippen LogP contribution in [0.5, 0.6) is 0 Å². The molecule has 0 aromatic heterocycles. The van der Waals surface area contributed by atoms with E-state index in [2.05, 4.69) is 11.3 Å². The summed E-state index contributed by atoms with van der Waals surface area (Å²) in [5.41, 5.74) is 2.26. The minimum absolute atomic E-state index is 0.264. The number of ether oxygens (including phenoxy) is 1. The number of allylic oxidation sites excluding steroid dienone is 2. The lowest BCUT2D eigenvalue weighted by Gasteiger charge is -1.94. The number of hydrogen-bond donors (Lipinski definition) is 0. The van der Waals surface area contributed by atoms with Gasteiger partial charge in [0.15, 0.2) is 0 Å². The molecule has 0 spiro atoms. The van der Waals surface area contributed by atoms with Crippen molar-refractivity contribution in [2.75, 3.05) is 0 Å². The van der Waals surface area contributed by atoms with Crippen LogP contribution < -0.4 is 0 Å². The van der Waals surface area contributed by atoms with Gasteiger partial charge in [-0.15, -0.1) is 0 Å². The van der Waals surface area contributed by atoms with Crippen molar-refractivity contribution in [3.05, 3.63) is 77.4 Å². The van der Waals surface area contributed by atoms with Gasteiger partial charge in [0.2, 0.25) is 0 Å². The van der Waals surface area contributed by atoms with Crippen molar-refractivity contribution in [1.29, 1.82) is 0 Å². The Morgan fingerprint density at radius 3 is 2.35 bits per heavy atom. The van der Waals surface area contributed by atoms with Gasteiger partial charge in [-0.2, -0.15) is 0 Å². The summed E-state index contributed by atoms with van der Waals surface area (Å²) in [6.45, 7) is 5.42. The minimum Gasteiger partial charge on any atom is -0.386 e. The van der Waals surface area contributed by atoms with E-state index in [9.17, 15) is 9.59 Å². The summed E-state index contributed by atoms with van der Waals surface area (Å²) in [6.07, 6.45) is 6.59. The van der Waals surface area contributed by atoms with Crippen LogP contribution in [0.1, 0.15) is 12.5 Å². The van der Waals surface area contributed by atoms with Gasteiger partial charge in [-0.25, -0.2) is 9.59 Å². The first kappa shape index (κ1) is 13.7. The molecule has 1 aromatic rings. The maximum Gasteiger partial charge on any atom is 0.346 e. The first-order valence-electron chi connectivity index (χ1n) is 6.16. The number of hydrogen-bond acceptors (Lipinski definition) is 3. The lowest BCUT2D eigenvalue weighted by molar-refractivity contribution is -0.150. The summed E-state index contributed by atoms with van der Waals surface area (Å²) in [5.74, 6) is -1.24. The molecule has 0 atom stereocenters. The Morgan fingerprint density at radius 2 is 1.70 bits per heavy atom. The van der Waals surface area contributed by atoms with Crippen molar-refractivity contribution in [2.24, 2.45) is 0 Å². The van der Waals surface area contributed by atoms with Gasteiger partial charge in [0.1, 0.15) is 0 Å². The first-order chi connectivity index (χ1) is 9.61. The van der Waals surface area contributed by atoms with Crippen LogP contribution in [0.2, 0.25) is 0 Å². The van der Waals surface area contributed by atoms with Gasteiger partial charge in [-0.3, -0.25) is 0 Å². The van der Waals surface area contributed by atoms with Gasteiger partial charge in [-0.1, -0.05) is 54.6 Å². The van der Waals surface area contributed by atoms with Gasteiger partial charge in [0.05, 0.1) is 11.1 Å². The van der Waals surface area contributed by atoms with Gasteiger partial charge in [0.25, 0.3) is 0 Å². The number of benzene rings is 1. The average Bonchev–Trinajstić information content (AvgIpc) is 2.72. The maximum absolute atomic E-state index is 11.7. The van der Waals surface area contributed by atoms with E-state index in [1.807, 2.05) is 30.3 Å². The Morgan fingerprint density at radius 1 is 1.05 bits per heavy atom. The Labute approximate surface area is 117 Å². The molecular weight excluding hydrogens is 252 g/mol. The zero-order valence-electron chi connectivity index (χ0n) is 11.1. The Balaban J connectivity index is 2.39. The predicted molar refractivity (Wildman–Crippen MR) is 77.6 cm³/mol. The number of rotatable bonds is 4. The van der Waals surface area contributed by atoms with Gasteiger partial charge >= 0.3 is 11.9 Å². The lowest BCUT2D eigenvalue weighted by Crippen LogP contribution is -2.01. The molecule has 1 aromatic carbocycles. The zero-order valence-corrected chi connectivity index (χ0v) is 11.1. The van der Waals surface area contributed by atoms with Crippen molar-refractivity contribution in [3.63, 3.8) is 0 Å². The molecule has 0 N–H and O–H groups in total. The molecule has 0 saturated carbocycles. The van der Waals surface area contributed by atoms with Crippen LogP contribution in [-0.4, -0.2) is 11.9 Å². The SMILES string of the molecule is C=CC(C)=CC1=C(C=Cc2ccccc2)C(=O)OC1=O. The fraction of sp³-hybridized carbons (Fsp3) is 0.0588. The van der Waals surface area contributed by atoms with Crippen LogP contribution in [0.25, 0.3) is 6.08 Å². The highest BCUT2D eigenvalue weighted by Gasteiger charge is 2.29. The third-order valence-corrected chi connectivity index (χ3v) is 2.85. The summed E-state index contributed by atoms with van der Waals surface area (Å²) in [4.78, 5) is 23.3. The topological polar surface area (TPSA) is 43.4 Å². The molecule has 100 valence electrons. The lowest BCUT2D eigenvalue weighted by atomic mass is 10.1. The molecule has 1 aliphatic rings.